The molecule has 2 atom stereocenters. The van der Waals surface area contributed by atoms with Crippen LogP contribution >= 0.6 is 0 Å². The van der Waals surface area contributed by atoms with E-state index in [9.17, 15) is 0 Å². The third-order valence-corrected chi connectivity index (χ3v) is 10.4. The Morgan fingerprint density at radius 2 is 0.827 bits per heavy atom. The zero-order valence-corrected chi connectivity index (χ0v) is 28.4. The Balaban J connectivity index is 1.12. The van der Waals surface area contributed by atoms with Crippen LogP contribution in [0.25, 0.3) is 33.9 Å². The normalized spacial score (nSPS) is 15.6. The fourth-order valence-electron chi connectivity index (χ4n) is 8.14. The Hall–Kier alpha value is -6.78. The molecule has 246 valence electrons. The molecule has 2 unspecified atom stereocenters. The molecule has 0 N–H and O–H groups in total. The van der Waals surface area contributed by atoms with E-state index in [4.69, 9.17) is 9.97 Å². The number of anilines is 5. The minimum Gasteiger partial charge on any atom is -0.333 e. The number of fused-ring (bicyclic) bond motifs is 7. The quantitative estimate of drug-likeness (QED) is 0.183. The van der Waals surface area contributed by atoms with E-state index in [1.165, 1.54) is 33.8 Å². The zero-order chi connectivity index (χ0) is 34.4. The maximum atomic E-state index is 5.10. The van der Waals surface area contributed by atoms with Gasteiger partial charge in [-0.1, -0.05) is 133 Å². The van der Waals surface area contributed by atoms with Gasteiger partial charge in [0, 0.05) is 39.7 Å². The third kappa shape index (κ3) is 4.99. The minimum atomic E-state index is 0.0386. The molecule has 0 fully saturated rings. The van der Waals surface area contributed by atoms with Crippen molar-refractivity contribution in [3.8, 4) is 33.9 Å². The fraction of sp³-hybridized carbons (Fsp3) is 0.0417. The SMILES string of the molecule is c1ccc(-c2cc(-c3ccccc3)nc(-c3ccc(N4c5ccccc5C5c6ccccc6N(c6ccccc6)c6ccccc6C54)cc3)n2)cc1. The molecule has 7 aromatic carbocycles. The summed E-state index contributed by atoms with van der Waals surface area (Å²) < 4.78 is 0. The van der Waals surface area contributed by atoms with Crippen molar-refractivity contribution in [3.05, 3.63) is 211 Å². The van der Waals surface area contributed by atoms with E-state index in [0.717, 1.165) is 39.5 Å². The van der Waals surface area contributed by atoms with E-state index in [-0.39, 0.29) is 12.0 Å². The highest BCUT2D eigenvalue weighted by atomic mass is 15.2. The van der Waals surface area contributed by atoms with Crippen LogP contribution in [0, 0.1) is 0 Å². The molecule has 2 aliphatic rings. The second kappa shape index (κ2) is 12.5. The van der Waals surface area contributed by atoms with Crippen LogP contribution in [0.4, 0.5) is 28.4 Å². The van der Waals surface area contributed by atoms with E-state index in [2.05, 4.69) is 192 Å². The topological polar surface area (TPSA) is 32.3 Å². The number of para-hydroxylation sites is 4. The Kier molecular flexibility index (Phi) is 7.24. The van der Waals surface area contributed by atoms with Crippen LogP contribution < -0.4 is 9.80 Å². The van der Waals surface area contributed by atoms with Crippen molar-refractivity contribution < 1.29 is 0 Å². The first-order valence-electron chi connectivity index (χ1n) is 17.8. The second-order valence-corrected chi connectivity index (χ2v) is 13.4. The Morgan fingerprint density at radius 3 is 1.42 bits per heavy atom. The van der Waals surface area contributed by atoms with Crippen LogP contribution in [0.3, 0.4) is 0 Å². The monoisotopic (exact) mass is 666 g/mol. The number of hydrogen-bond donors (Lipinski definition) is 0. The lowest BCUT2D eigenvalue weighted by molar-refractivity contribution is 0.665. The molecule has 0 radical (unpaired) electrons. The summed E-state index contributed by atoms with van der Waals surface area (Å²) in [7, 11) is 0. The van der Waals surface area contributed by atoms with Gasteiger partial charge in [0.1, 0.15) is 0 Å². The maximum Gasteiger partial charge on any atom is 0.160 e. The summed E-state index contributed by atoms with van der Waals surface area (Å²) in [6, 6.07) is 69.2. The Bertz CT molecular complexity index is 2470. The predicted octanol–water partition coefficient (Wildman–Crippen LogP) is 12.3. The van der Waals surface area contributed by atoms with Gasteiger partial charge in [0.05, 0.1) is 28.8 Å². The lowest BCUT2D eigenvalue weighted by atomic mass is 9.84. The van der Waals surface area contributed by atoms with Gasteiger partial charge in [-0.05, 0) is 77.4 Å². The van der Waals surface area contributed by atoms with Crippen LogP contribution in [0.1, 0.15) is 28.7 Å². The molecule has 0 spiro atoms. The summed E-state index contributed by atoms with van der Waals surface area (Å²) in [5, 5.41) is 0. The molecule has 0 bridgehead atoms. The van der Waals surface area contributed by atoms with Gasteiger partial charge in [-0.2, -0.15) is 0 Å². The van der Waals surface area contributed by atoms with E-state index in [0.29, 0.717) is 5.82 Å². The molecule has 3 heterocycles. The third-order valence-electron chi connectivity index (χ3n) is 10.4. The van der Waals surface area contributed by atoms with Gasteiger partial charge in [0.25, 0.3) is 0 Å². The summed E-state index contributed by atoms with van der Waals surface area (Å²) in [6.45, 7) is 0. The molecule has 4 nitrogen and oxygen atoms in total. The van der Waals surface area contributed by atoms with E-state index in [1.807, 2.05) is 12.1 Å². The van der Waals surface area contributed by atoms with Crippen LogP contribution in [0.15, 0.2) is 194 Å². The van der Waals surface area contributed by atoms with E-state index in [1.54, 1.807) is 0 Å². The molecule has 10 rings (SSSR count). The maximum absolute atomic E-state index is 5.10. The summed E-state index contributed by atoms with van der Waals surface area (Å²) in [4.78, 5) is 15.2. The summed E-state index contributed by atoms with van der Waals surface area (Å²) in [5.74, 6) is 0.833. The summed E-state index contributed by atoms with van der Waals surface area (Å²) in [5.41, 5.74) is 14.8. The lowest BCUT2D eigenvalue weighted by Gasteiger charge is -2.32. The van der Waals surface area contributed by atoms with Crippen molar-refractivity contribution >= 4 is 28.4 Å². The first-order valence-corrected chi connectivity index (χ1v) is 17.8. The fourth-order valence-corrected chi connectivity index (χ4v) is 8.14. The zero-order valence-electron chi connectivity index (χ0n) is 28.4. The molecule has 0 saturated heterocycles. The largest absolute Gasteiger partial charge is 0.333 e. The van der Waals surface area contributed by atoms with Gasteiger partial charge in [-0.25, -0.2) is 9.97 Å². The molecule has 4 heteroatoms. The standard InChI is InChI=1S/C48H34N4/c1-4-16-33(17-5-1)41-32-42(34-18-6-2-7-19-34)50-48(49-41)35-28-30-37(31-29-35)52-44-26-14-11-23-39(44)46-38-22-10-13-25-43(38)51(36-20-8-3-9-21-36)45-27-15-12-24-40(45)47(46)52/h1-32,46-47H. The number of aromatic nitrogens is 2. The molecule has 0 aliphatic carbocycles. The van der Waals surface area contributed by atoms with Gasteiger partial charge >= 0.3 is 0 Å². The molecule has 1 aromatic heterocycles. The lowest BCUT2D eigenvalue weighted by Crippen LogP contribution is -2.22. The van der Waals surface area contributed by atoms with Crippen LogP contribution in [0.5, 0.6) is 0 Å². The molecule has 52 heavy (non-hydrogen) atoms. The smallest absolute Gasteiger partial charge is 0.160 e. The molecule has 2 aliphatic heterocycles. The first-order chi connectivity index (χ1) is 25.8. The highest BCUT2D eigenvalue weighted by Gasteiger charge is 2.45. The Morgan fingerprint density at radius 1 is 0.365 bits per heavy atom. The molecule has 0 amide bonds. The highest BCUT2D eigenvalue weighted by Crippen LogP contribution is 2.61. The molecule has 8 aromatic rings. The van der Waals surface area contributed by atoms with Crippen molar-refractivity contribution in [1.29, 1.82) is 0 Å². The van der Waals surface area contributed by atoms with Crippen molar-refractivity contribution in [1.82, 2.24) is 9.97 Å². The van der Waals surface area contributed by atoms with Crippen molar-refractivity contribution in [2.75, 3.05) is 9.80 Å². The van der Waals surface area contributed by atoms with Gasteiger partial charge < -0.3 is 9.80 Å². The predicted molar refractivity (Wildman–Crippen MR) is 213 cm³/mol. The summed E-state index contributed by atoms with van der Waals surface area (Å²) >= 11 is 0. The van der Waals surface area contributed by atoms with Gasteiger partial charge in [-0.15, -0.1) is 0 Å². The second-order valence-electron chi connectivity index (χ2n) is 13.4. The van der Waals surface area contributed by atoms with Crippen LogP contribution in [-0.2, 0) is 0 Å². The Labute approximate surface area is 304 Å². The number of benzene rings is 7. The average molecular weight is 667 g/mol. The minimum absolute atomic E-state index is 0.0386. The van der Waals surface area contributed by atoms with Crippen LogP contribution in [-0.4, -0.2) is 9.97 Å². The molecule has 0 saturated carbocycles. The number of hydrogen-bond acceptors (Lipinski definition) is 4. The van der Waals surface area contributed by atoms with E-state index < -0.39 is 0 Å². The van der Waals surface area contributed by atoms with Crippen LogP contribution in [0.2, 0.25) is 0 Å². The average Bonchev–Trinajstić information content (AvgIpc) is 3.51. The highest BCUT2D eigenvalue weighted by molar-refractivity contribution is 5.87. The molecular weight excluding hydrogens is 633 g/mol. The van der Waals surface area contributed by atoms with Crippen molar-refractivity contribution in [2.24, 2.45) is 0 Å². The first kappa shape index (κ1) is 30.1. The van der Waals surface area contributed by atoms with Gasteiger partial charge in [0.2, 0.25) is 0 Å². The van der Waals surface area contributed by atoms with Crippen molar-refractivity contribution in [2.45, 2.75) is 12.0 Å². The van der Waals surface area contributed by atoms with Gasteiger partial charge in [-0.3, -0.25) is 0 Å². The number of rotatable bonds is 5. The molecular formula is C48H34N4. The number of nitrogens with zero attached hydrogens (tertiary/aromatic N) is 4. The van der Waals surface area contributed by atoms with E-state index >= 15 is 0 Å². The summed E-state index contributed by atoms with van der Waals surface area (Å²) in [6.07, 6.45) is 0. The van der Waals surface area contributed by atoms with Gasteiger partial charge in [0.15, 0.2) is 5.82 Å². The van der Waals surface area contributed by atoms with Crippen molar-refractivity contribution in [3.63, 3.8) is 0 Å².